The molecule has 7 nitrogen and oxygen atoms in total. The fourth-order valence-electron chi connectivity index (χ4n) is 2.99. The van der Waals surface area contributed by atoms with Gasteiger partial charge in [-0.25, -0.2) is 18.7 Å². The molecule has 1 amide bonds. The van der Waals surface area contributed by atoms with Gasteiger partial charge in [0.05, 0.1) is 5.56 Å². The van der Waals surface area contributed by atoms with E-state index in [4.69, 9.17) is 15.2 Å². The maximum absolute atomic E-state index is 13.7. The second-order valence-electron chi connectivity index (χ2n) is 7.25. The van der Waals surface area contributed by atoms with Crippen molar-refractivity contribution in [3.8, 4) is 17.4 Å². The number of anilines is 1. The summed E-state index contributed by atoms with van der Waals surface area (Å²) in [5.41, 5.74) is 7.10. The molecule has 2 aromatic carbocycles. The number of nitrogens with two attached hydrogens (primary N) is 1. The number of amides is 1. The third-order valence-electron chi connectivity index (χ3n) is 4.75. The molecule has 4 aromatic rings. The quantitative estimate of drug-likeness (QED) is 0.396. The summed E-state index contributed by atoms with van der Waals surface area (Å²) >= 11 is 0. The standard InChI is InChI=1S/C25H20F2N4O3/c26-19-3-1-18(22(27)12-19)15-33-20-4-6-21(7-5-20)34-24-8-2-17(14-30-24)25(32)31-13-16-9-10-29-23(28)11-16/h1-12,14H,13,15H2,(H2,28,29)(H,31,32). The number of benzene rings is 2. The first kappa shape index (κ1) is 22.7. The average Bonchev–Trinajstić information content (AvgIpc) is 2.83. The highest BCUT2D eigenvalue weighted by atomic mass is 19.1. The highest BCUT2D eigenvalue weighted by Gasteiger charge is 2.08. The van der Waals surface area contributed by atoms with Gasteiger partial charge in [0.1, 0.15) is 35.6 Å². The monoisotopic (exact) mass is 462 g/mol. The molecular formula is C25H20F2N4O3. The third kappa shape index (κ3) is 6.04. The number of halogens is 2. The van der Waals surface area contributed by atoms with Gasteiger partial charge in [-0.05, 0) is 60.2 Å². The Bertz CT molecular complexity index is 1280. The Morgan fingerprint density at radius 1 is 0.941 bits per heavy atom. The van der Waals surface area contributed by atoms with Crippen LogP contribution in [0.25, 0.3) is 0 Å². The molecule has 0 spiro atoms. The molecule has 0 aliphatic carbocycles. The van der Waals surface area contributed by atoms with Crippen LogP contribution in [0.3, 0.4) is 0 Å². The number of hydrogen-bond acceptors (Lipinski definition) is 6. The van der Waals surface area contributed by atoms with Crippen molar-refractivity contribution in [2.45, 2.75) is 13.2 Å². The number of hydrogen-bond donors (Lipinski definition) is 2. The van der Waals surface area contributed by atoms with E-state index < -0.39 is 11.6 Å². The predicted molar refractivity (Wildman–Crippen MR) is 121 cm³/mol. The Labute approximate surface area is 194 Å². The van der Waals surface area contributed by atoms with Gasteiger partial charge in [0, 0.05) is 36.6 Å². The number of nitrogens with zero attached hydrogens (tertiary/aromatic N) is 2. The van der Waals surface area contributed by atoms with Crippen LogP contribution in [0.4, 0.5) is 14.6 Å². The lowest BCUT2D eigenvalue weighted by Gasteiger charge is -2.09. The minimum Gasteiger partial charge on any atom is -0.489 e. The van der Waals surface area contributed by atoms with Crippen molar-refractivity contribution >= 4 is 11.7 Å². The number of nitrogen functional groups attached to an aromatic ring is 1. The highest BCUT2D eigenvalue weighted by Crippen LogP contribution is 2.23. The van der Waals surface area contributed by atoms with Gasteiger partial charge in [0.25, 0.3) is 5.91 Å². The van der Waals surface area contributed by atoms with Crippen molar-refractivity contribution in [3.05, 3.63) is 107 Å². The van der Waals surface area contributed by atoms with Crippen LogP contribution in [0, 0.1) is 11.6 Å². The van der Waals surface area contributed by atoms with Crippen molar-refractivity contribution in [1.82, 2.24) is 15.3 Å². The van der Waals surface area contributed by atoms with Crippen LogP contribution in [-0.2, 0) is 13.2 Å². The Balaban J connectivity index is 1.29. The Kier molecular flexibility index (Phi) is 6.92. The molecule has 172 valence electrons. The second-order valence-corrected chi connectivity index (χ2v) is 7.25. The SMILES string of the molecule is Nc1cc(CNC(=O)c2ccc(Oc3ccc(OCc4ccc(F)cc4F)cc3)nc2)ccn1. The Hall–Kier alpha value is -4.53. The van der Waals surface area contributed by atoms with Crippen molar-refractivity contribution in [2.75, 3.05) is 5.73 Å². The number of carbonyl (C=O) groups excluding carboxylic acids is 1. The number of carbonyl (C=O) groups is 1. The van der Waals surface area contributed by atoms with Crippen LogP contribution in [-0.4, -0.2) is 15.9 Å². The molecule has 0 fully saturated rings. The first-order chi connectivity index (χ1) is 16.5. The van der Waals surface area contributed by atoms with Gasteiger partial charge < -0.3 is 20.5 Å². The lowest BCUT2D eigenvalue weighted by atomic mass is 10.2. The van der Waals surface area contributed by atoms with Crippen LogP contribution < -0.4 is 20.5 Å². The highest BCUT2D eigenvalue weighted by molar-refractivity contribution is 5.93. The summed E-state index contributed by atoms with van der Waals surface area (Å²) < 4.78 is 37.9. The number of nitrogens with one attached hydrogen (secondary N) is 1. The van der Waals surface area contributed by atoms with E-state index in [1.165, 1.54) is 18.3 Å². The van der Waals surface area contributed by atoms with E-state index in [1.807, 2.05) is 0 Å². The summed E-state index contributed by atoms with van der Waals surface area (Å²) in [6.07, 6.45) is 2.99. The fraction of sp³-hybridized carbons (Fsp3) is 0.0800. The average molecular weight is 462 g/mol. The molecular weight excluding hydrogens is 442 g/mol. The smallest absolute Gasteiger partial charge is 0.253 e. The van der Waals surface area contributed by atoms with E-state index in [0.717, 1.165) is 11.6 Å². The summed E-state index contributed by atoms with van der Waals surface area (Å²) in [7, 11) is 0. The first-order valence-corrected chi connectivity index (χ1v) is 10.3. The zero-order chi connectivity index (χ0) is 23.9. The number of ether oxygens (including phenoxy) is 2. The maximum atomic E-state index is 13.7. The van der Waals surface area contributed by atoms with Crippen LogP contribution in [0.2, 0.25) is 0 Å². The van der Waals surface area contributed by atoms with Gasteiger partial charge in [-0.2, -0.15) is 0 Å². The molecule has 3 N–H and O–H groups in total. The number of aromatic nitrogens is 2. The number of rotatable bonds is 8. The maximum Gasteiger partial charge on any atom is 0.253 e. The molecule has 0 unspecified atom stereocenters. The van der Waals surface area contributed by atoms with Gasteiger partial charge in [0.15, 0.2) is 0 Å². The topological polar surface area (TPSA) is 99.4 Å². The predicted octanol–water partition coefficient (Wildman–Crippen LogP) is 4.64. The molecule has 9 heteroatoms. The zero-order valence-electron chi connectivity index (χ0n) is 17.9. The van der Waals surface area contributed by atoms with Crippen LogP contribution in [0.15, 0.2) is 79.1 Å². The van der Waals surface area contributed by atoms with Crippen molar-refractivity contribution in [3.63, 3.8) is 0 Å². The zero-order valence-corrected chi connectivity index (χ0v) is 17.9. The molecule has 0 aliphatic heterocycles. The van der Waals surface area contributed by atoms with E-state index in [-0.39, 0.29) is 18.1 Å². The largest absolute Gasteiger partial charge is 0.489 e. The van der Waals surface area contributed by atoms with E-state index in [0.29, 0.717) is 35.3 Å². The Morgan fingerprint density at radius 2 is 1.74 bits per heavy atom. The first-order valence-electron chi connectivity index (χ1n) is 10.3. The molecule has 0 radical (unpaired) electrons. The van der Waals surface area contributed by atoms with Crippen LogP contribution in [0.1, 0.15) is 21.5 Å². The third-order valence-corrected chi connectivity index (χ3v) is 4.75. The second kappa shape index (κ2) is 10.4. The summed E-state index contributed by atoms with van der Waals surface area (Å²) in [6, 6.07) is 16.6. The summed E-state index contributed by atoms with van der Waals surface area (Å²) in [6.45, 7) is 0.276. The molecule has 0 saturated heterocycles. The van der Waals surface area contributed by atoms with Crippen molar-refractivity contribution in [1.29, 1.82) is 0 Å². The molecule has 0 bridgehead atoms. The minimum atomic E-state index is -0.662. The normalized spacial score (nSPS) is 10.5. The fourth-order valence-corrected chi connectivity index (χ4v) is 2.99. The molecule has 0 aliphatic rings. The van der Waals surface area contributed by atoms with Gasteiger partial charge >= 0.3 is 0 Å². The van der Waals surface area contributed by atoms with Crippen molar-refractivity contribution in [2.24, 2.45) is 0 Å². The lowest BCUT2D eigenvalue weighted by molar-refractivity contribution is 0.0950. The molecule has 0 saturated carbocycles. The molecule has 2 heterocycles. The van der Waals surface area contributed by atoms with E-state index in [9.17, 15) is 13.6 Å². The van der Waals surface area contributed by atoms with Gasteiger partial charge in [-0.15, -0.1) is 0 Å². The van der Waals surface area contributed by atoms with Crippen molar-refractivity contribution < 1.29 is 23.0 Å². The molecule has 0 atom stereocenters. The van der Waals surface area contributed by atoms with E-state index >= 15 is 0 Å². The summed E-state index contributed by atoms with van der Waals surface area (Å²) in [5.74, 6) is 0.100. The van der Waals surface area contributed by atoms with Gasteiger partial charge in [0.2, 0.25) is 5.88 Å². The Morgan fingerprint density at radius 3 is 2.44 bits per heavy atom. The van der Waals surface area contributed by atoms with E-state index in [2.05, 4.69) is 15.3 Å². The molecule has 4 rings (SSSR count). The molecule has 34 heavy (non-hydrogen) atoms. The number of pyridine rings is 2. The molecule has 2 aromatic heterocycles. The van der Waals surface area contributed by atoms with Crippen LogP contribution in [0.5, 0.6) is 17.4 Å². The van der Waals surface area contributed by atoms with Gasteiger partial charge in [-0.3, -0.25) is 4.79 Å². The minimum absolute atomic E-state index is 0.0358. The summed E-state index contributed by atoms with van der Waals surface area (Å²) in [4.78, 5) is 20.4. The summed E-state index contributed by atoms with van der Waals surface area (Å²) in [5, 5.41) is 2.79. The van der Waals surface area contributed by atoms with Gasteiger partial charge in [-0.1, -0.05) is 0 Å². The lowest BCUT2D eigenvalue weighted by Crippen LogP contribution is -2.23. The van der Waals surface area contributed by atoms with E-state index in [1.54, 1.807) is 54.7 Å². The van der Waals surface area contributed by atoms with Crippen LogP contribution >= 0.6 is 0 Å².